The monoisotopic (exact) mass is 564 g/mol. The van der Waals surface area contributed by atoms with Gasteiger partial charge in [0, 0.05) is 11.1 Å². The smallest absolute Gasteiger partial charge is 0.255 e. The zero-order valence-electron chi connectivity index (χ0n) is 23.0. The average molecular weight is 565 g/mol. The highest BCUT2D eigenvalue weighted by molar-refractivity contribution is 7.16. The number of furan rings is 1. The van der Waals surface area contributed by atoms with E-state index in [0.717, 1.165) is 53.1 Å². The molecule has 0 bridgehead atoms. The number of rotatable bonds is 10. The highest BCUT2D eigenvalue weighted by Gasteiger charge is 2.25. The lowest BCUT2D eigenvalue weighted by atomic mass is 9.95. The van der Waals surface area contributed by atoms with Gasteiger partial charge in [-0.2, -0.15) is 0 Å². The van der Waals surface area contributed by atoms with Crippen LogP contribution in [-0.4, -0.2) is 18.7 Å². The van der Waals surface area contributed by atoms with E-state index >= 15 is 0 Å². The van der Waals surface area contributed by atoms with Crippen molar-refractivity contribution in [1.29, 1.82) is 0 Å². The van der Waals surface area contributed by atoms with Crippen molar-refractivity contribution in [3.63, 3.8) is 0 Å². The van der Waals surface area contributed by atoms with Crippen molar-refractivity contribution >= 4 is 39.2 Å². The summed E-state index contributed by atoms with van der Waals surface area (Å²) in [6, 6.07) is 24.1. The number of nitrogens with zero attached hydrogens (tertiary/aromatic N) is 1. The molecule has 2 heterocycles. The minimum absolute atomic E-state index is 0.111. The van der Waals surface area contributed by atoms with Crippen molar-refractivity contribution in [3.05, 3.63) is 112 Å². The summed E-state index contributed by atoms with van der Waals surface area (Å²) in [5.74, 6) is 1.96. The van der Waals surface area contributed by atoms with Crippen LogP contribution < -0.4 is 14.8 Å². The zero-order chi connectivity index (χ0) is 28.0. The Morgan fingerprint density at radius 1 is 1.00 bits per heavy atom. The van der Waals surface area contributed by atoms with E-state index in [-0.39, 0.29) is 5.91 Å². The number of ether oxygens (including phenoxy) is 2. The topological polar surface area (TPSA) is 73.1 Å². The highest BCUT2D eigenvalue weighted by Crippen LogP contribution is 2.40. The predicted octanol–water partition coefficient (Wildman–Crippen LogP) is 8.03. The van der Waals surface area contributed by atoms with Gasteiger partial charge in [-0.05, 0) is 90.4 Å². The molecular formula is C34H32N2O4S. The Hall–Kier alpha value is -4.36. The molecule has 0 spiro atoms. The quantitative estimate of drug-likeness (QED) is 0.174. The molecule has 0 aliphatic heterocycles. The van der Waals surface area contributed by atoms with E-state index in [1.807, 2.05) is 49.4 Å². The molecule has 1 amide bonds. The molecule has 1 N–H and O–H groups in total. The van der Waals surface area contributed by atoms with Gasteiger partial charge in [-0.15, -0.1) is 11.3 Å². The third-order valence-electron chi connectivity index (χ3n) is 7.24. The second kappa shape index (κ2) is 12.4. The number of nitrogens with one attached hydrogen (secondary N) is 1. The molecule has 0 atom stereocenters. The molecule has 3 aromatic carbocycles. The Balaban J connectivity index is 1.22. The molecule has 6 nitrogen and oxygen atoms in total. The molecule has 0 saturated carbocycles. The molecule has 1 aliphatic rings. The second-order valence-electron chi connectivity index (χ2n) is 9.98. The number of fused-ring (bicyclic) bond motifs is 2. The molecule has 1 aliphatic carbocycles. The number of carbonyl (C=O) groups excluding carboxylic acids is 1. The summed E-state index contributed by atoms with van der Waals surface area (Å²) in [5.41, 5.74) is 3.82. The molecule has 2 aromatic heterocycles. The SMILES string of the molecule is CCOc1cc(C=Nc2sc3c(c2C(=O)NCc2ccco2)CCCC3)ccc1OCc1cccc2ccccc12. The van der Waals surface area contributed by atoms with Crippen LogP contribution in [0.1, 0.15) is 57.5 Å². The fourth-order valence-corrected chi connectivity index (χ4v) is 6.48. The van der Waals surface area contributed by atoms with Gasteiger partial charge < -0.3 is 19.2 Å². The summed E-state index contributed by atoms with van der Waals surface area (Å²) < 4.78 is 17.6. The van der Waals surface area contributed by atoms with Gasteiger partial charge in [0.1, 0.15) is 17.4 Å². The number of thiophene rings is 1. The van der Waals surface area contributed by atoms with Gasteiger partial charge in [-0.1, -0.05) is 42.5 Å². The number of benzene rings is 3. The summed E-state index contributed by atoms with van der Waals surface area (Å²) in [6.45, 7) is 3.26. The maximum absolute atomic E-state index is 13.3. The van der Waals surface area contributed by atoms with Crippen molar-refractivity contribution < 1.29 is 18.7 Å². The molecule has 5 aromatic rings. The van der Waals surface area contributed by atoms with Gasteiger partial charge in [0.05, 0.1) is 25.0 Å². The number of aliphatic imine (C=N–C) groups is 1. The van der Waals surface area contributed by atoms with Gasteiger partial charge in [0.2, 0.25) is 0 Å². The number of hydrogen-bond donors (Lipinski definition) is 1. The number of hydrogen-bond acceptors (Lipinski definition) is 6. The first kappa shape index (κ1) is 26.8. The summed E-state index contributed by atoms with van der Waals surface area (Å²) in [5, 5.41) is 6.12. The van der Waals surface area contributed by atoms with E-state index in [1.54, 1.807) is 23.8 Å². The molecule has 7 heteroatoms. The van der Waals surface area contributed by atoms with Crippen molar-refractivity contribution in [2.75, 3.05) is 6.61 Å². The minimum Gasteiger partial charge on any atom is -0.490 e. The van der Waals surface area contributed by atoms with Crippen LogP contribution in [0, 0.1) is 0 Å². The van der Waals surface area contributed by atoms with E-state index in [2.05, 4.69) is 35.6 Å². The summed E-state index contributed by atoms with van der Waals surface area (Å²) in [4.78, 5) is 19.4. The van der Waals surface area contributed by atoms with E-state index in [4.69, 9.17) is 18.9 Å². The molecule has 208 valence electrons. The van der Waals surface area contributed by atoms with Crippen LogP contribution in [0.25, 0.3) is 10.8 Å². The summed E-state index contributed by atoms with van der Waals surface area (Å²) in [7, 11) is 0. The average Bonchev–Trinajstić information content (AvgIpc) is 3.66. The van der Waals surface area contributed by atoms with Crippen LogP contribution in [0.4, 0.5) is 5.00 Å². The molecule has 6 rings (SSSR count). The van der Waals surface area contributed by atoms with Gasteiger partial charge in [-0.3, -0.25) is 4.79 Å². The Morgan fingerprint density at radius 3 is 2.76 bits per heavy atom. The number of amides is 1. The van der Waals surface area contributed by atoms with Crippen molar-refractivity contribution in [1.82, 2.24) is 5.32 Å². The molecule has 0 fully saturated rings. The normalized spacial score (nSPS) is 12.9. The van der Waals surface area contributed by atoms with Crippen LogP contribution in [-0.2, 0) is 26.0 Å². The molecule has 0 unspecified atom stereocenters. The minimum atomic E-state index is -0.111. The highest BCUT2D eigenvalue weighted by atomic mass is 32.1. The zero-order valence-corrected chi connectivity index (χ0v) is 23.8. The molecule has 0 saturated heterocycles. The summed E-state index contributed by atoms with van der Waals surface area (Å²) >= 11 is 1.62. The van der Waals surface area contributed by atoms with Gasteiger partial charge in [-0.25, -0.2) is 4.99 Å². The van der Waals surface area contributed by atoms with Crippen LogP contribution >= 0.6 is 11.3 Å². The lowest BCUT2D eigenvalue weighted by Gasteiger charge is -2.14. The molecule has 0 radical (unpaired) electrons. The largest absolute Gasteiger partial charge is 0.490 e. The van der Waals surface area contributed by atoms with Crippen LogP contribution in [0.15, 0.2) is 88.5 Å². The second-order valence-corrected chi connectivity index (χ2v) is 11.1. The lowest BCUT2D eigenvalue weighted by molar-refractivity contribution is 0.0948. The van der Waals surface area contributed by atoms with E-state index in [9.17, 15) is 4.79 Å². The maximum atomic E-state index is 13.3. The van der Waals surface area contributed by atoms with E-state index < -0.39 is 0 Å². The maximum Gasteiger partial charge on any atom is 0.255 e. The van der Waals surface area contributed by atoms with Gasteiger partial charge >= 0.3 is 0 Å². The Morgan fingerprint density at radius 2 is 1.88 bits per heavy atom. The fourth-order valence-electron chi connectivity index (χ4n) is 5.25. The van der Waals surface area contributed by atoms with Crippen molar-refractivity contribution in [2.45, 2.75) is 45.8 Å². The third-order valence-corrected chi connectivity index (χ3v) is 8.44. The van der Waals surface area contributed by atoms with Crippen molar-refractivity contribution in [2.24, 2.45) is 4.99 Å². The van der Waals surface area contributed by atoms with Gasteiger partial charge in [0.15, 0.2) is 11.5 Å². The van der Waals surface area contributed by atoms with Gasteiger partial charge in [0.25, 0.3) is 5.91 Å². The fraction of sp³-hybridized carbons (Fsp3) is 0.235. The number of aryl methyl sites for hydroxylation is 1. The van der Waals surface area contributed by atoms with E-state index in [0.29, 0.717) is 36.8 Å². The summed E-state index contributed by atoms with van der Waals surface area (Å²) in [6.07, 6.45) is 7.54. The first-order chi connectivity index (χ1) is 20.2. The molecule has 41 heavy (non-hydrogen) atoms. The molecular weight excluding hydrogens is 532 g/mol. The van der Waals surface area contributed by atoms with Crippen molar-refractivity contribution in [3.8, 4) is 11.5 Å². The van der Waals surface area contributed by atoms with E-state index in [1.165, 1.54) is 15.6 Å². The first-order valence-corrected chi connectivity index (χ1v) is 14.9. The lowest BCUT2D eigenvalue weighted by Crippen LogP contribution is -2.23. The van der Waals surface area contributed by atoms with Crippen LogP contribution in [0.5, 0.6) is 11.5 Å². The predicted molar refractivity (Wildman–Crippen MR) is 164 cm³/mol. The Bertz CT molecular complexity index is 1680. The Kier molecular flexibility index (Phi) is 8.14. The number of carbonyl (C=O) groups is 1. The first-order valence-electron chi connectivity index (χ1n) is 14.0. The third kappa shape index (κ3) is 6.05. The Labute approximate surface area is 243 Å². The standard InChI is InChI=1S/C34H32N2O4S/c1-2-38-30-19-23(16-17-29(30)40-22-25-11-7-10-24-9-3-4-13-27(24)25)20-36-34-32(28-14-5-6-15-31(28)41-34)33(37)35-21-26-12-8-18-39-26/h3-4,7-13,16-20H,2,5-6,14-15,21-22H2,1H3,(H,35,37). The van der Waals surface area contributed by atoms with Crippen LogP contribution in [0.2, 0.25) is 0 Å². The van der Waals surface area contributed by atoms with Crippen LogP contribution in [0.3, 0.4) is 0 Å².